The van der Waals surface area contributed by atoms with Crippen molar-refractivity contribution >= 4 is 0 Å². The van der Waals surface area contributed by atoms with Gasteiger partial charge in [0.25, 0.3) is 0 Å². The van der Waals surface area contributed by atoms with Crippen LogP contribution in [0.5, 0.6) is 0 Å². The summed E-state index contributed by atoms with van der Waals surface area (Å²) in [5.74, 6) is 2.30. The average molecular weight is 138 g/mol. The molecule has 0 saturated heterocycles. The first kappa shape index (κ1) is 9.26. The van der Waals surface area contributed by atoms with Crippen molar-refractivity contribution in [3.8, 4) is 12.3 Å². The van der Waals surface area contributed by atoms with Gasteiger partial charge in [-0.25, -0.2) is 0 Å². The van der Waals surface area contributed by atoms with Crippen LogP contribution in [0.1, 0.15) is 26.7 Å². The minimum atomic E-state index is -0.967. The third-order valence-corrected chi connectivity index (χ3v) is 1.23. The van der Waals surface area contributed by atoms with Gasteiger partial charge in [-0.1, -0.05) is 25.0 Å². The van der Waals surface area contributed by atoms with Gasteiger partial charge >= 0.3 is 0 Å². The van der Waals surface area contributed by atoms with Gasteiger partial charge in [-0.05, 0) is 13.3 Å². The maximum absolute atomic E-state index is 9.26. The Hall–Kier alpha value is -0.740. The Labute approximate surface area is 62.8 Å². The lowest BCUT2D eigenvalue weighted by Gasteiger charge is -2.11. The maximum Gasteiger partial charge on any atom is 0.125 e. The van der Waals surface area contributed by atoms with E-state index in [0.29, 0.717) is 6.42 Å². The molecule has 0 aliphatic carbocycles. The quantitative estimate of drug-likeness (QED) is 0.465. The van der Waals surface area contributed by atoms with Crippen LogP contribution in [-0.2, 0) is 0 Å². The second kappa shape index (κ2) is 4.14. The summed E-state index contributed by atoms with van der Waals surface area (Å²) in [6.07, 6.45) is 10.5. The fourth-order valence-corrected chi connectivity index (χ4v) is 0.538. The largest absolute Gasteiger partial charge is 0.378 e. The highest BCUT2D eigenvalue weighted by Crippen LogP contribution is 2.07. The molecule has 0 saturated carbocycles. The zero-order valence-electron chi connectivity index (χ0n) is 6.59. The van der Waals surface area contributed by atoms with Crippen molar-refractivity contribution in [1.29, 1.82) is 0 Å². The van der Waals surface area contributed by atoms with E-state index < -0.39 is 5.60 Å². The Morgan fingerprint density at radius 2 is 2.20 bits per heavy atom. The fourth-order valence-electron chi connectivity index (χ4n) is 0.538. The number of hydrogen-bond donors (Lipinski definition) is 1. The second-order valence-electron chi connectivity index (χ2n) is 2.50. The van der Waals surface area contributed by atoms with Crippen LogP contribution in [-0.4, -0.2) is 10.7 Å². The highest BCUT2D eigenvalue weighted by atomic mass is 16.3. The topological polar surface area (TPSA) is 20.2 Å². The molecular formula is C9H14O. The predicted octanol–water partition coefficient (Wildman–Crippen LogP) is 1.73. The number of allylic oxidation sites excluding steroid dienone is 1. The van der Waals surface area contributed by atoms with E-state index in [0.717, 1.165) is 6.42 Å². The van der Waals surface area contributed by atoms with Gasteiger partial charge < -0.3 is 5.11 Å². The van der Waals surface area contributed by atoms with Crippen LogP contribution in [0.4, 0.5) is 0 Å². The first-order valence-corrected chi connectivity index (χ1v) is 3.47. The molecule has 0 aromatic carbocycles. The molecule has 1 unspecified atom stereocenters. The highest BCUT2D eigenvalue weighted by molar-refractivity contribution is 5.07. The van der Waals surface area contributed by atoms with Gasteiger partial charge in [0.2, 0.25) is 0 Å². The molecule has 0 aliphatic rings. The molecule has 1 atom stereocenters. The summed E-state index contributed by atoms with van der Waals surface area (Å²) in [5.41, 5.74) is -0.967. The summed E-state index contributed by atoms with van der Waals surface area (Å²) in [6.45, 7) is 3.67. The maximum atomic E-state index is 9.26. The highest BCUT2D eigenvalue weighted by Gasteiger charge is 2.12. The summed E-state index contributed by atoms with van der Waals surface area (Å²) >= 11 is 0. The molecule has 0 spiro atoms. The Balaban J connectivity index is 3.70. The Bertz CT molecular complexity index is 149. The van der Waals surface area contributed by atoms with E-state index >= 15 is 0 Å². The third kappa shape index (κ3) is 4.17. The molecule has 56 valence electrons. The molecule has 0 rings (SSSR count). The van der Waals surface area contributed by atoms with Crippen molar-refractivity contribution in [2.45, 2.75) is 32.3 Å². The van der Waals surface area contributed by atoms with E-state index in [1.807, 2.05) is 19.1 Å². The number of rotatable bonds is 3. The number of aliphatic hydroxyl groups is 1. The van der Waals surface area contributed by atoms with Crippen molar-refractivity contribution in [2.75, 3.05) is 0 Å². The van der Waals surface area contributed by atoms with E-state index in [1.165, 1.54) is 0 Å². The monoisotopic (exact) mass is 138 g/mol. The SMILES string of the molecule is C#CC(C)(O)CC=CCC. The van der Waals surface area contributed by atoms with Gasteiger partial charge in [-0.2, -0.15) is 0 Å². The van der Waals surface area contributed by atoms with Crippen LogP contribution >= 0.6 is 0 Å². The number of terminal acetylenes is 1. The summed E-state index contributed by atoms with van der Waals surface area (Å²) < 4.78 is 0. The lowest BCUT2D eigenvalue weighted by Crippen LogP contribution is -2.19. The summed E-state index contributed by atoms with van der Waals surface area (Å²) in [7, 11) is 0. The molecule has 0 aromatic rings. The van der Waals surface area contributed by atoms with Gasteiger partial charge in [0.05, 0.1) is 0 Å². The minimum absolute atomic E-state index is 0.539. The summed E-state index contributed by atoms with van der Waals surface area (Å²) in [5, 5.41) is 9.26. The van der Waals surface area contributed by atoms with Crippen LogP contribution in [0.25, 0.3) is 0 Å². The van der Waals surface area contributed by atoms with E-state index in [1.54, 1.807) is 6.92 Å². The van der Waals surface area contributed by atoms with Crippen LogP contribution in [0.3, 0.4) is 0 Å². The fraction of sp³-hybridized carbons (Fsp3) is 0.556. The summed E-state index contributed by atoms with van der Waals surface area (Å²) in [6, 6.07) is 0. The zero-order valence-corrected chi connectivity index (χ0v) is 6.59. The molecule has 0 amide bonds. The second-order valence-corrected chi connectivity index (χ2v) is 2.50. The van der Waals surface area contributed by atoms with Crippen LogP contribution in [0, 0.1) is 12.3 Å². The van der Waals surface area contributed by atoms with Gasteiger partial charge in [0, 0.05) is 6.42 Å². The lowest BCUT2D eigenvalue weighted by atomic mass is 10.0. The third-order valence-electron chi connectivity index (χ3n) is 1.23. The van der Waals surface area contributed by atoms with E-state index in [2.05, 4.69) is 5.92 Å². The summed E-state index contributed by atoms with van der Waals surface area (Å²) in [4.78, 5) is 0. The smallest absolute Gasteiger partial charge is 0.125 e. The molecule has 0 aromatic heterocycles. The van der Waals surface area contributed by atoms with Crippen molar-refractivity contribution in [2.24, 2.45) is 0 Å². The molecule has 1 heteroatoms. The Kier molecular flexibility index (Phi) is 3.83. The standard InChI is InChI=1S/C9H14O/c1-4-6-7-8-9(3,10)5-2/h2,6-7,10H,4,8H2,1,3H3. The molecule has 1 nitrogen and oxygen atoms in total. The van der Waals surface area contributed by atoms with Gasteiger partial charge in [-0.15, -0.1) is 6.42 Å². The van der Waals surface area contributed by atoms with Crippen molar-refractivity contribution in [3.05, 3.63) is 12.2 Å². The lowest BCUT2D eigenvalue weighted by molar-refractivity contribution is 0.126. The Morgan fingerprint density at radius 3 is 2.60 bits per heavy atom. The van der Waals surface area contributed by atoms with Crippen molar-refractivity contribution in [3.63, 3.8) is 0 Å². The van der Waals surface area contributed by atoms with Crippen molar-refractivity contribution < 1.29 is 5.11 Å². The van der Waals surface area contributed by atoms with Gasteiger partial charge in [0.15, 0.2) is 0 Å². The molecule has 0 fully saturated rings. The van der Waals surface area contributed by atoms with E-state index in [9.17, 15) is 5.11 Å². The van der Waals surface area contributed by atoms with Crippen LogP contribution in [0.2, 0.25) is 0 Å². The first-order valence-electron chi connectivity index (χ1n) is 3.47. The molecule has 0 radical (unpaired) electrons. The zero-order chi connectivity index (χ0) is 8.04. The van der Waals surface area contributed by atoms with E-state index in [-0.39, 0.29) is 0 Å². The Morgan fingerprint density at radius 1 is 1.60 bits per heavy atom. The van der Waals surface area contributed by atoms with Crippen LogP contribution < -0.4 is 0 Å². The molecule has 0 heterocycles. The predicted molar refractivity (Wildman–Crippen MR) is 43.5 cm³/mol. The normalized spacial score (nSPS) is 16.6. The van der Waals surface area contributed by atoms with Crippen LogP contribution in [0.15, 0.2) is 12.2 Å². The molecule has 0 bridgehead atoms. The molecule has 0 aliphatic heterocycles. The first-order chi connectivity index (χ1) is 4.62. The molecule has 10 heavy (non-hydrogen) atoms. The van der Waals surface area contributed by atoms with Gasteiger partial charge in [0.1, 0.15) is 5.60 Å². The molecule has 1 N–H and O–H groups in total. The van der Waals surface area contributed by atoms with Gasteiger partial charge in [-0.3, -0.25) is 0 Å². The average Bonchev–Trinajstić information content (AvgIpc) is 1.89. The molecular weight excluding hydrogens is 124 g/mol. The van der Waals surface area contributed by atoms with Crippen molar-refractivity contribution in [1.82, 2.24) is 0 Å². The number of hydrogen-bond acceptors (Lipinski definition) is 1. The minimum Gasteiger partial charge on any atom is -0.378 e. The van der Waals surface area contributed by atoms with E-state index in [4.69, 9.17) is 6.42 Å².